The van der Waals surface area contributed by atoms with Gasteiger partial charge in [-0.05, 0) is 22.9 Å². The summed E-state index contributed by atoms with van der Waals surface area (Å²) in [5.41, 5.74) is 0.746. The summed E-state index contributed by atoms with van der Waals surface area (Å²) < 4.78 is 0. The van der Waals surface area contributed by atoms with Crippen molar-refractivity contribution >= 4 is 18.3 Å². The summed E-state index contributed by atoms with van der Waals surface area (Å²) in [5, 5.41) is 28.9. The van der Waals surface area contributed by atoms with Gasteiger partial charge in [0.05, 0.1) is 4.92 Å². The molecule has 0 saturated carbocycles. The van der Waals surface area contributed by atoms with E-state index in [9.17, 15) is 10.1 Å². The number of benzene rings is 1. The van der Waals surface area contributed by atoms with Crippen molar-refractivity contribution in [3.05, 3.63) is 33.9 Å². The summed E-state index contributed by atoms with van der Waals surface area (Å²) in [6, 6.07) is 4.23. The van der Waals surface area contributed by atoms with Crippen molar-refractivity contribution in [1.29, 1.82) is 0 Å². The molecule has 5 nitrogen and oxygen atoms in total. The van der Waals surface area contributed by atoms with E-state index in [0.717, 1.165) is 5.56 Å². The molecule has 1 aromatic carbocycles. The lowest BCUT2D eigenvalue weighted by Crippen LogP contribution is -2.30. The SMILES string of the molecule is CC(C)(C)Cc1cc(B(O)O)cc([N+](=O)[O-])c1. The van der Waals surface area contributed by atoms with E-state index in [1.165, 1.54) is 12.1 Å². The van der Waals surface area contributed by atoms with Crippen molar-refractivity contribution in [2.45, 2.75) is 27.2 Å². The third kappa shape index (κ3) is 4.16. The molecule has 92 valence electrons. The van der Waals surface area contributed by atoms with Crippen molar-refractivity contribution in [2.24, 2.45) is 5.41 Å². The summed E-state index contributed by atoms with van der Waals surface area (Å²) >= 11 is 0. The number of nitro groups is 1. The fourth-order valence-corrected chi connectivity index (χ4v) is 1.67. The number of rotatable bonds is 3. The zero-order chi connectivity index (χ0) is 13.2. The van der Waals surface area contributed by atoms with E-state index < -0.39 is 12.0 Å². The Balaban J connectivity index is 3.17. The highest BCUT2D eigenvalue weighted by molar-refractivity contribution is 6.58. The third-order valence-electron chi connectivity index (χ3n) is 2.24. The van der Waals surface area contributed by atoms with E-state index in [0.29, 0.717) is 6.42 Å². The zero-order valence-corrected chi connectivity index (χ0v) is 10.2. The van der Waals surface area contributed by atoms with E-state index in [2.05, 4.69) is 0 Å². The molecule has 0 fully saturated rings. The normalized spacial score (nSPS) is 11.4. The maximum atomic E-state index is 10.7. The molecule has 0 unspecified atom stereocenters. The molecule has 0 aliphatic carbocycles. The molecule has 0 radical (unpaired) electrons. The van der Waals surface area contributed by atoms with Crippen LogP contribution in [0.25, 0.3) is 0 Å². The Morgan fingerprint density at radius 1 is 1.29 bits per heavy atom. The molecule has 0 bridgehead atoms. The topological polar surface area (TPSA) is 83.6 Å². The number of non-ortho nitro benzene ring substituents is 1. The summed E-state index contributed by atoms with van der Waals surface area (Å²) in [4.78, 5) is 10.2. The first kappa shape index (κ1) is 13.7. The van der Waals surface area contributed by atoms with Crippen molar-refractivity contribution < 1.29 is 15.0 Å². The van der Waals surface area contributed by atoms with Gasteiger partial charge >= 0.3 is 7.12 Å². The Morgan fingerprint density at radius 2 is 1.88 bits per heavy atom. The Kier molecular flexibility index (Phi) is 3.90. The van der Waals surface area contributed by atoms with Crippen molar-refractivity contribution in [3.63, 3.8) is 0 Å². The van der Waals surface area contributed by atoms with Crippen LogP contribution in [-0.4, -0.2) is 22.1 Å². The van der Waals surface area contributed by atoms with Crippen molar-refractivity contribution in [1.82, 2.24) is 0 Å². The van der Waals surface area contributed by atoms with Crippen LogP contribution in [0.15, 0.2) is 18.2 Å². The molecule has 1 aromatic rings. The Bertz CT molecular complexity index is 426. The fourth-order valence-electron chi connectivity index (χ4n) is 1.67. The summed E-state index contributed by atoms with van der Waals surface area (Å²) in [6.07, 6.45) is 0.633. The number of nitrogens with zero attached hydrogens (tertiary/aromatic N) is 1. The van der Waals surface area contributed by atoms with Crippen LogP contribution >= 0.6 is 0 Å². The fraction of sp³-hybridized carbons (Fsp3) is 0.455. The summed E-state index contributed by atoms with van der Waals surface area (Å²) in [5.74, 6) is 0. The average Bonchev–Trinajstić information content (AvgIpc) is 2.14. The molecule has 0 saturated heterocycles. The molecule has 17 heavy (non-hydrogen) atoms. The summed E-state index contributed by atoms with van der Waals surface area (Å²) in [7, 11) is -1.69. The van der Waals surface area contributed by atoms with Crippen molar-refractivity contribution in [3.8, 4) is 0 Å². The predicted molar refractivity (Wildman–Crippen MR) is 66.1 cm³/mol. The Labute approximate surface area is 100 Å². The van der Waals surface area contributed by atoms with Crippen LogP contribution in [0, 0.1) is 15.5 Å². The zero-order valence-electron chi connectivity index (χ0n) is 10.2. The van der Waals surface area contributed by atoms with Crippen LogP contribution in [0.5, 0.6) is 0 Å². The van der Waals surface area contributed by atoms with E-state index in [1.807, 2.05) is 20.8 Å². The molecule has 0 spiro atoms. The molecule has 0 aliphatic heterocycles. The largest absolute Gasteiger partial charge is 0.488 e. The van der Waals surface area contributed by atoms with Crippen molar-refractivity contribution in [2.75, 3.05) is 0 Å². The summed E-state index contributed by atoms with van der Waals surface area (Å²) in [6.45, 7) is 6.04. The van der Waals surface area contributed by atoms with Gasteiger partial charge in [0.1, 0.15) is 0 Å². The van der Waals surface area contributed by atoms with E-state index in [4.69, 9.17) is 10.0 Å². The van der Waals surface area contributed by atoms with Gasteiger partial charge < -0.3 is 10.0 Å². The van der Waals surface area contributed by atoms with Gasteiger partial charge in [0.2, 0.25) is 0 Å². The second-order valence-electron chi connectivity index (χ2n) is 5.30. The van der Waals surface area contributed by atoms with Gasteiger partial charge in [-0.3, -0.25) is 10.1 Å². The molecule has 6 heteroatoms. The van der Waals surface area contributed by atoms with Gasteiger partial charge in [-0.1, -0.05) is 26.8 Å². The first-order valence-corrected chi connectivity index (χ1v) is 5.33. The van der Waals surface area contributed by atoms with Crippen LogP contribution in [-0.2, 0) is 6.42 Å². The highest BCUT2D eigenvalue weighted by Gasteiger charge is 2.20. The minimum Gasteiger partial charge on any atom is -0.423 e. The second-order valence-corrected chi connectivity index (χ2v) is 5.30. The lowest BCUT2D eigenvalue weighted by Gasteiger charge is -2.18. The number of hydrogen-bond acceptors (Lipinski definition) is 4. The van der Waals surface area contributed by atoms with Gasteiger partial charge in [-0.15, -0.1) is 0 Å². The van der Waals surface area contributed by atoms with Gasteiger partial charge in [0.15, 0.2) is 0 Å². The van der Waals surface area contributed by atoms with Gasteiger partial charge in [-0.2, -0.15) is 0 Å². The monoisotopic (exact) mass is 237 g/mol. The first-order valence-electron chi connectivity index (χ1n) is 5.33. The van der Waals surface area contributed by atoms with Gasteiger partial charge in [-0.25, -0.2) is 0 Å². The molecular formula is C11H16BNO4. The second kappa shape index (κ2) is 4.85. The number of nitro benzene ring substituents is 1. The van der Waals surface area contributed by atoms with E-state index in [-0.39, 0.29) is 16.6 Å². The predicted octanol–water partition coefficient (Wildman–Crippen LogP) is 0.863. The lowest BCUT2D eigenvalue weighted by atomic mass is 9.77. The molecule has 0 aromatic heterocycles. The maximum absolute atomic E-state index is 10.7. The quantitative estimate of drug-likeness (QED) is 0.464. The highest BCUT2D eigenvalue weighted by atomic mass is 16.6. The highest BCUT2D eigenvalue weighted by Crippen LogP contribution is 2.22. The molecule has 2 N–H and O–H groups in total. The Morgan fingerprint density at radius 3 is 2.29 bits per heavy atom. The first-order chi connectivity index (χ1) is 7.69. The minimum absolute atomic E-state index is 0.0209. The van der Waals surface area contributed by atoms with Gasteiger partial charge in [0, 0.05) is 12.1 Å². The van der Waals surface area contributed by atoms with Crippen LogP contribution in [0.4, 0.5) is 5.69 Å². The van der Waals surface area contributed by atoms with E-state index >= 15 is 0 Å². The Hall–Kier alpha value is -1.40. The maximum Gasteiger partial charge on any atom is 0.488 e. The minimum atomic E-state index is -1.69. The van der Waals surface area contributed by atoms with E-state index in [1.54, 1.807) is 6.07 Å². The molecular weight excluding hydrogens is 221 g/mol. The molecule has 0 amide bonds. The van der Waals surface area contributed by atoms with Crippen LogP contribution in [0.1, 0.15) is 26.3 Å². The third-order valence-corrected chi connectivity index (χ3v) is 2.24. The average molecular weight is 237 g/mol. The van der Waals surface area contributed by atoms with Crippen LogP contribution in [0.3, 0.4) is 0 Å². The van der Waals surface area contributed by atoms with Gasteiger partial charge in [0.25, 0.3) is 5.69 Å². The smallest absolute Gasteiger partial charge is 0.423 e. The van der Waals surface area contributed by atoms with Crippen LogP contribution < -0.4 is 5.46 Å². The lowest BCUT2D eigenvalue weighted by molar-refractivity contribution is -0.384. The molecule has 0 heterocycles. The molecule has 0 aliphatic rings. The molecule has 1 rings (SSSR count). The molecule has 0 atom stereocenters. The number of hydrogen-bond donors (Lipinski definition) is 2. The standard InChI is InChI=1S/C11H16BNO4/c1-11(2,3)7-8-4-9(12(14)15)6-10(5-8)13(16)17/h4-6,14-15H,7H2,1-3H3. The van der Waals surface area contributed by atoms with Crippen LogP contribution in [0.2, 0.25) is 0 Å².